The highest BCUT2D eigenvalue weighted by atomic mass is 16.5. The summed E-state index contributed by atoms with van der Waals surface area (Å²) in [5.74, 6) is -0.00115. The van der Waals surface area contributed by atoms with Gasteiger partial charge in [-0.05, 0) is 19.8 Å². The lowest BCUT2D eigenvalue weighted by molar-refractivity contribution is -0.124. The van der Waals surface area contributed by atoms with Crippen LogP contribution in [0.5, 0.6) is 0 Å². The Bertz CT molecular complexity index is 211. The van der Waals surface area contributed by atoms with Crippen molar-refractivity contribution in [1.29, 1.82) is 0 Å². The third-order valence-corrected chi connectivity index (χ3v) is 2.01. The van der Waals surface area contributed by atoms with Crippen LogP contribution in [0.15, 0.2) is 0 Å². The molecule has 1 radical (unpaired) electrons. The highest BCUT2D eigenvalue weighted by Crippen LogP contribution is 2.16. The van der Waals surface area contributed by atoms with E-state index in [-0.39, 0.29) is 18.1 Å². The van der Waals surface area contributed by atoms with Crippen LogP contribution in [-0.2, 0) is 14.3 Å². The molecule has 0 spiro atoms. The average molecular weight is 200 g/mol. The van der Waals surface area contributed by atoms with Crippen LogP contribution in [0.25, 0.3) is 0 Å². The molecule has 0 aliphatic heterocycles. The molecule has 0 saturated carbocycles. The van der Waals surface area contributed by atoms with Crippen molar-refractivity contribution in [1.82, 2.24) is 0 Å². The fourth-order valence-electron chi connectivity index (χ4n) is 1.06. The first-order valence-electron chi connectivity index (χ1n) is 4.63. The fraction of sp³-hybridized carbons (Fsp3) is 0.800. The van der Waals surface area contributed by atoms with Crippen molar-refractivity contribution < 1.29 is 14.3 Å². The Kier molecular flexibility index (Phi) is 4.77. The van der Waals surface area contributed by atoms with Crippen molar-refractivity contribution >= 4 is 12.3 Å². The van der Waals surface area contributed by atoms with Crippen LogP contribution in [0.3, 0.4) is 0 Å². The van der Waals surface area contributed by atoms with E-state index in [1.807, 2.05) is 13.8 Å². The molecule has 0 heterocycles. The van der Waals surface area contributed by atoms with Gasteiger partial charge >= 0.3 is 6.47 Å². The van der Waals surface area contributed by atoms with Gasteiger partial charge in [-0.3, -0.25) is 4.79 Å². The number of Topliss-reactive ketones (excluding diaryl/α,β-unsaturated/α-hetero) is 1. The number of hydrogen-bond donors (Lipinski definition) is 1. The second-order valence-corrected chi connectivity index (χ2v) is 4.36. The SMILES string of the molecule is CC(C)[C@H](N)C(=O)CC(C)(C)O[C]=O. The van der Waals surface area contributed by atoms with Crippen LogP contribution in [0.2, 0.25) is 0 Å². The Morgan fingerprint density at radius 1 is 1.50 bits per heavy atom. The van der Waals surface area contributed by atoms with Gasteiger partial charge in [0.2, 0.25) is 0 Å². The second kappa shape index (κ2) is 5.10. The molecule has 0 bridgehead atoms. The summed E-state index contributed by atoms with van der Waals surface area (Å²) in [5.41, 5.74) is 4.85. The molecular weight excluding hydrogens is 182 g/mol. The van der Waals surface area contributed by atoms with Crippen molar-refractivity contribution in [2.24, 2.45) is 11.7 Å². The monoisotopic (exact) mass is 200 g/mol. The zero-order chi connectivity index (χ0) is 11.4. The Hall–Kier alpha value is -0.900. The average Bonchev–Trinajstić information content (AvgIpc) is 2.01. The molecule has 1 atom stereocenters. The van der Waals surface area contributed by atoms with Gasteiger partial charge in [0.05, 0.1) is 6.04 Å². The fourth-order valence-corrected chi connectivity index (χ4v) is 1.06. The van der Waals surface area contributed by atoms with Crippen molar-refractivity contribution in [2.75, 3.05) is 0 Å². The summed E-state index contributed by atoms with van der Waals surface area (Å²) in [5, 5.41) is 0. The van der Waals surface area contributed by atoms with Crippen LogP contribution in [0.4, 0.5) is 0 Å². The molecule has 0 aliphatic rings. The topological polar surface area (TPSA) is 69.4 Å². The van der Waals surface area contributed by atoms with E-state index < -0.39 is 11.6 Å². The second-order valence-electron chi connectivity index (χ2n) is 4.36. The molecular formula is C10H18NO3. The summed E-state index contributed by atoms with van der Waals surface area (Å²) in [6, 6.07) is -0.496. The van der Waals surface area contributed by atoms with Crippen LogP contribution < -0.4 is 5.73 Å². The third-order valence-electron chi connectivity index (χ3n) is 2.01. The number of rotatable bonds is 6. The molecule has 0 aromatic rings. The predicted octanol–water partition coefficient (Wildman–Crippen LogP) is 0.791. The van der Waals surface area contributed by atoms with E-state index in [0.717, 1.165) is 0 Å². The number of ketones is 1. The minimum atomic E-state index is -0.814. The van der Waals surface area contributed by atoms with Gasteiger partial charge in [0.15, 0.2) is 5.78 Å². The number of carbonyl (C=O) groups excluding carboxylic acids is 2. The highest BCUT2D eigenvalue weighted by molar-refractivity contribution is 5.84. The van der Waals surface area contributed by atoms with E-state index >= 15 is 0 Å². The maximum Gasteiger partial charge on any atom is 0.418 e. The third kappa shape index (κ3) is 4.37. The Morgan fingerprint density at radius 2 is 2.00 bits per heavy atom. The molecule has 0 fully saturated rings. The molecule has 4 heteroatoms. The number of nitrogens with two attached hydrogens (primary N) is 1. The molecule has 0 amide bonds. The van der Waals surface area contributed by atoms with Gasteiger partial charge in [0.1, 0.15) is 5.60 Å². The van der Waals surface area contributed by atoms with E-state index in [4.69, 9.17) is 5.73 Å². The quantitative estimate of drug-likeness (QED) is 0.688. The molecule has 4 nitrogen and oxygen atoms in total. The van der Waals surface area contributed by atoms with E-state index in [2.05, 4.69) is 4.74 Å². The van der Waals surface area contributed by atoms with Crippen molar-refractivity contribution in [3.05, 3.63) is 0 Å². The zero-order valence-electron chi connectivity index (χ0n) is 9.16. The summed E-state index contributed by atoms with van der Waals surface area (Å²) < 4.78 is 4.65. The first kappa shape index (κ1) is 13.1. The first-order chi connectivity index (χ1) is 6.30. The summed E-state index contributed by atoms with van der Waals surface area (Å²) >= 11 is 0. The molecule has 0 aromatic carbocycles. The molecule has 14 heavy (non-hydrogen) atoms. The lowest BCUT2D eigenvalue weighted by Crippen LogP contribution is -2.40. The molecule has 2 N–H and O–H groups in total. The summed E-state index contributed by atoms with van der Waals surface area (Å²) in [6.45, 7) is 8.40. The number of carbonyl (C=O) groups is 1. The largest absolute Gasteiger partial charge is 0.451 e. The van der Waals surface area contributed by atoms with Gasteiger partial charge in [-0.2, -0.15) is 0 Å². The molecule has 81 valence electrons. The predicted molar refractivity (Wildman–Crippen MR) is 53.3 cm³/mol. The van der Waals surface area contributed by atoms with Gasteiger partial charge in [-0.1, -0.05) is 13.8 Å². The van der Waals surface area contributed by atoms with Crippen LogP contribution in [-0.4, -0.2) is 23.9 Å². The Morgan fingerprint density at radius 3 is 2.36 bits per heavy atom. The minimum Gasteiger partial charge on any atom is -0.451 e. The van der Waals surface area contributed by atoms with Gasteiger partial charge in [-0.15, -0.1) is 0 Å². The minimum absolute atomic E-state index is 0.0958. The lowest BCUT2D eigenvalue weighted by atomic mass is 9.92. The van der Waals surface area contributed by atoms with E-state index in [9.17, 15) is 9.59 Å². The molecule has 0 aromatic heterocycles. The normalized spacial score (nSPS) is 13.9. The van der Waals surface area contributed by atoms with Crippen molar-refractivity contribution in [2.45, 2.75) is 45.8 Å². The summed E-state index contributed by atoms with van der Waals surface area (Å²) in [6.07, 6.45) is 0.127. The summed E-state index contributed by atoms with van der Waals surface area (Å²) in [7, 11) is 0. The van der Waals surface area contributed by atoms with Crippen LogP contribution in [0, 0.1) is 5.92 Å². The van der Waals surface area contributed by atoms with Gasteiger partial charge in [0.25, 0.3) is 0 Å². The van der Waals surface area contributed by atoms with Crippen molar-refractivity contribution in [3.63, 3.8) is 0 Å². The summed E-state index contributed by atoms with van der Waals surface area (Å²) in [4.78, 5) is 21.6. The van der Waals surface area contributed by atoms with Crippen LogP contribution in [0.1, 0.15) is 34.1 Å². The van der Waals surface area contributed by atoms with Crippen molar-refractivity contribution in [3.8, 4) is 0 Å². The number of hydrogen-bond acceptors (Lipinski definition) is 4. The van der Waals surface area contributed by atoms with Crippen LogP contribution >= 0.6 is 0 Å². The Balaban J connectivity index is 4.24. The molecule has 0 saturated heterocycles. The van der Waals surface area contributed by atoms with E-state index in [1.54, 1.807) is 13.8 Å². The zero-order valence-corrected chi connectivity index (χ0v) is 9.16. The molecule has 0 rings (SSSR count). The Labute approximate surface area is 84.8 Å². The lowest BCUT2D eigenvalue weighted by Gasteiger charge is -2.23. The number of ether oxygens (including phenoxy) is 1. The van der Waals surface area contributed by atoms with Gasteiger partial charge < -0.3 is 10.5 Å². The maximum atomic E-state index is 11.5. The first-order valence-corrected chi connectivity index (χ1v) is 4.63. The maximum absolute atomic E-state index is 11.5. The smallest absolute Gasteiger partial charge is 0.418 e. The van der Waals surface area contributed by atoms with Gasteiger partial charge in [-0.25, -0.2) is 4.79 Å². The molecule has 0 aliphatic carbocycles. The molecule has 0 unspecified atom stereocenters. The van der Waals surface area contributed by atoms with E-state index in [0.29, 0.717) is 0 Å². The highest BCUT2D eigenvalue weighted by Gasteiger charge is 2.27. The van der Waals surface area contributed by atoms with Gasteiger partial charge in [0, 0.05) is 6.42 Å². The standard InChI is InChI=1S/C10H18NO3/c1-7(2)9(11)8(13)5-10(3,4)14-6-12/h7,9H,5,11H2,1-4H3/t9-/m0/s1. The van der Waals surface area contributed by atoms with E-state index in [1.165, 1.54) is 6.47 Å².